The monoisotopic (exact) mass is 275 g/mol. The highest BCUT2D eigenvalue weighted by Gasteiger charge is 2.12. The maximum Gasteiger partial charge on any atom is 0.119 e. The standard InChI is InChI=1S/C16H21NOS/c1-2-8-18-15-6-3-5-13(10-15)14(12-17)11-16-7-4-9-19-16/h3-7,9-10,14H,2,8,11-12,17H2,1H3. The van der Waals surface area contributed by atoms with Gasteiger partial charge in [-0.1, -0.05) is 25.1 Å². The summed E-state index contributed by atoms with van der Waals surface area (Å²) in [4.78, 5) is 1.38. The number of rotatable bonds is 7. The Balaban J connectivity index is 2.09. The van der Waals surface area contributed by atoms with Gasteiger partial charge in [0, 0.05) is 10.8 Å². The molecular formula is C16H21NOS. The molecule has 0 saturated heterocycles. The Morgan fingerprint density at radius 1 is 1.26 bits per heavy atom. The van der Waals surface area contributed by atoms with Crippen LogP contribution in [0.15, 0.2) is 41.8 Å². The van der Waals surface area contributed by atoms with Crippen LogP contribution in [0.4, 0.5) is 0 Å². The van der Waals surface area contributed by atoms with Crippen molar-refractivity contribution in [1.29, 1.82) is 0 Å². The van der Waals surface area contributed by atoms with Crippen LogP contribution in [0, 0.1) is 0 Å². The normalized spacial score (nSPS) is 12.3. The van der Waals surface area contributed by atoms with Crippen LogP contribution in [-0.4, -0.2) is 13.2 Å². The summed E-state index contributed by atoms with van der Waals surface area (Å²) in [5, 5.41) is 2.11. The van der Waals surface area contributed by atoms with Gasteiger partial charge in [-0.05, 0) is 48.5 Å². The second kappa shape index (κ2) is 7.31. The third-order valence-corrected chi connectivity index (χ3v) is 4.01. The van der Waals surface area contributed by atoms with Crippen molar-refractivity contribution in [2.45, 2.75) is 25.7 Å². The van der Waals surface area contributed by atoms with Crippen LogP contribution in [0.1, 0.15) is 29.7 Å². The molecule has 0 aliphatic rings. The van der Waals surface area contributed by atoms with Gasteiger partial charge in [0.15, 0.2) is 0 Å². The molecule has 0 fully saturated rings. The second-order valence-electron chi connectivity index (χ2n) is 4.64. The maximum atomic E-state index is 5.94. The summed E-state index contributed by atoms with van der Waals surface area (Å²) in [7, 11) is 0. The highest BCUT2D eigenvalue weighted by Crippen LogP contribution is 2.25. The average molecular weight is 275 g/mol. The Bertz CT molecular complexity index is 481. The molecule has 2 aromatic rings. The summed E-state index contributed by atoms with van der Waals surface area (Å²) >= 11 is 1.79. The van der Waals surface area contributed by atoms with Crippen LogP contribution < -0.4 is 10.5 Å². The van der Waals surface area contributed by atoms with E-state index in [1.165, 1.54) is 10.4 Å². The fourth-order valence-corrected chi connectivity index (χ4v) is 2.87. The molecule has 19 heavy (non-hydrogen) atoms. The molecule has 0 amide bonds. The summed E-state index contributed by atoms with van der Waals surface area (Å²) in [5.41, 5.74) is 7.20. The van der Waals surface area contributed by atoms with Crippen LogP contribution in [0.3, 0.4) is 0 Å². The zero-order chi connectivity index (χ0) is 13.5. The Labute approximate surface area is 119 Å². The van der Waals surface area contributed by atoms with E-state index in [0.717, 1.165) is 25.2 Å². The molecule has 102 valence electrons. The molecule has 0 aliphatic heterocycles. The summed E-state index contributed by atoms with van der Waals surface area (Å²) in [6.07, 6.45) is 2.03. The number of hydrogen-bond donors (Lipinski definition) is 1. The van der Waals surface area contributed by atoms with Gasteiger partial charge in [-0.2, -0.15) is 0 Å². The summed E-state index contributed by atoms with van der Waals surface area (Å²) in [5.74, 6) is 1.31. The largest absolute Gasteiger partial charge is 0.494 e. The van der Waals surface area contributed by atoms with Crippen molar-refractivity contribution in [2.24, 2.45) is 5.73 Å². The van der Waals surface area contributed by atoms with Crippen molar-refractivity contribution < 1.29 is 4.74 Å². The average Bonchev–Trinajstić information content (AvgIpc) is 2.96. The van der Waals surface area contributed by atoms with E-state index in [0.29, 0.717) is 12.5 Å². The van der Waals surface area contributed by atoms with Gasteiger partial charge >= 0.3 is 0 Å². The van der Waals surface area contributed by atoms with E-state index in [9.17, 15) is 0 Å². The Morgan fingerprint density at radius 2 is 2.16 bits per heavy atom. The lowest BCUT2D eigenvalue weighted by Crippen LogP contribution is -2.14. The first-order chi connectivity index (χ1) is 9.33. The molecule has 0 bridgehead atoms. The van der Waals surface area contributed by atoms with E-state index in [1.54, 1.807) is 11.3 Å². The molecule has 0 spiro atoms. The van der Waals surface area contributed by atoms with E-state index in [1.807, 2.05) is 6.07 Å². The Morgan fingerprint density at radius 3 is 2.84 bits per heavy atom. The van der Waals surface area contributed by atoms with Gasteiger partial charge in [0.25, 0.3) is 0 Å². The summed E-state index contributed by atoms with van der Waals surface area (Å²) < 4.78 is 5.69. The molecular weight excluding hydrogens is 254 g/mol. The molecule has 2 N–H and O–H groups in total. The molecule has 0 saturated carbocycles. The third-order valence-electron chi connectivity index (χ3n) is 3.11. The molecule has 2 rings (SSSR count). The first-order valence-corrected chi connectivity index (χ1v) is 7.66. The first-order valence-electron chi connectivity index (χ1n) is 6.78. The Kier molecular flexibility index (Phi) is 5.43. The SMILES string of the molecule is CCCOc1cccc(C(CN)Cc2cccs2)c1. The lowest BCUT2D eigenvalue weighted by molar-refractivity contribution is 0.317. The minimum absolute atomic E-state index is 0.365. The number of nitrogens with two attached hydrogens (primary N) is 1. The van der Waals surface area contributed by atoms with Crippen LogP contribution in [0.2, 0.25) is 0 Å². The molecule has 2 nitrogen and oxygen atoms in total. The van der Waals surface area contributed by atoms with E-state index in [4.69, 9.17) is 10.5 Å². The topological polar surface area (TPSA) is 35.2 Å². The van der Waals surface area contributed by atoms with Gasteiger partial charge in [0.1, 0.15) is 5.75 Å². The number of hydrogen-bond acceptors (Lipinski definition) is 3. The molecule has 3 heteroatoms. The smallest absolute Gasteiger partial charge is 0.119 e. The van der Waals surface area contributed by atoms with Gasteiger partial charge in [-0.25, -0.2) is 0 Å². The predicted molar refractivity (Wildman–Crippen MR) is 82.0 cm³/mol. The van der Waals surface area contributed by atoms with Crippen molar-refractivity contribution in [3.63, 3.8) is 0 Å². The third kappa shape index (κ3) is 4.08. The minimum Gasteiger partial charge on any atom is -0.494 e. The van der Waals surface area contributed by atoms with Gasteiger partial charge in [0.05, 0.1) is 6.61 Å². The van der Waals surface area contributed by atoms with Crippen LogP contribution in [0.5, 0.6) is 5.75 Å². The van der Waals surface area contributed by atoms with Crippen LogP contribution >= 0.6 is 11.3 Å². The van der Waals surface area contributed by atoms with Gasteiger partial charge in [-0.15, -0.1) is 11.3 Å². The summed E-state index contributed by atoms with van der Waals surface area (Å²) in [6.45, 7) is 3.54. The molecule has 1 atom stereocenters. The lowest BCUT2D eigenvalue weighted by Gasteiger charge is -2.15. The van der Waals surface area contributed by atoms with Crippen molar-refractivity contribution in [1.82, 2.24) is 0 Å². The molecule has 0 radical (unpaired) electrons. The zero-order valence-electron chi connectivity index (χ0n) is 11.3. The van der Waals surface area contributed by atoms with Crippen LogP contribution in [-0.2, 0) is 6.42 Å². The van der Waals surface area contributed by atoms with Crippen molar-refractivity contribution in [2.75, 3.05) is 13.2 Å². The second-order valence-corrected chi connectivity index (χ2v) is 5.67. The maximum absolute atomic E-state index is 5.94. The predicted octanol–water partition coefficient (Wildman–Crippen LogP) is 3.82. The van der Waals surface area contributed by atoms with Gasteiger partial charge < -0.3 is 10.5 Å². The lowest BCUT2D eigenvalue weighted by atomic mass is 9.95. The fraction of sp³-hybridized carbons (Fsp3) is 0.375. The Hall–Kier alpha value is -1.32. The van der Waals surface area contributed by atoms with Crippen LogP contribution in [0.25, 0.3) is 0 Å². The molecule has 1 aromatic carbocycles. The number of thiophene rings is 1. The highest BCUT2D eigenvalue weighted by molar-refractivity contribution is 7.09. The zero-order valence-corrected chi connectivity index (χ0v) is 12.2. The number of ether oxygens (including phenoxy) is 1. The minimum atomic E-state index is 0.365. The molecule has 1 aromatic heterocycles. The summed E-state index contributed by atoms with van der Waals surface area (Å²) in [6, 6.07) is 12.6. The quantitative estimate of drug-likeness (QED) is 0.833. The first kappa shape index (κ1) is 14.1. The van der Waals surface area contributed by atoms with E-state index in [-0.39, 0.29) is 0 Å². The van der Waals surface area contributed by atoms with Crippen molar-refractivity contribution >= 4 is 11.3 Å². The van der Waals surface area contributed by atoms with Gasteiger partial charge in [-0.3, -0.25) is 0 Å². The van der Waals surface area contributed by atoms with Crippen molar-refractivity contribution in [3.05, 3.63) is 52.2 Å². The molecule has 1 heterocycles. The molecule has 1 unspecified atom stereocenters. The van der Waals surface area contributed by atoms with E-state index < -0.39 is 0 Å². The van der Waals surface area contributed by atoms with Crippen molar-refractivity contribution in [3.8, 4) is 5.75 Å². The van der Waals surface area contributed by atoms with E-state index in [2.05, 4.69) is 42.6 Å². The van der Waals surface area contributed by atoms with Gasteiger partial charge in [0.2, 0.25) is 0 Å². The fourth-order valence-electron chi connectivity index (χ4n) is 2.09. The highest BCUT2D eigenvalue weighted by atomic mass is 32.1. The van der Waals surface area contributed by atoms with E-state index >= 15 is 0 Å². The molecule has 0 aliphatic carbocycles. The number of benzene rings is 1.